The lowest BCUT2D eigenvalue weighted by atomic mass is 10.1. The van der Waals surface area contributed by atoms with Crippen molar-refractivity contribution >= 4 is 11.9 Å². The highest BCUT2D eigenvalue weighted by Crippen LogP contribution is 2.17. The molecule has 7 heteroatoms. The number of amides is 1. The predicted molar refractivity (Wildman–Crippen MR) is 117 cm³/mol. The summed E-state index contributed by atoms with van der Waals surface area (Å²) >= 11 is 0. The normalized spacial score (nSPS) is 13.9. The molecular weight excluding hydrogens is 395 g/mol. The molecule has 1 aliphatic heterocycles. The molecule has 0 aliphatic carbocycles. The van der Waals surface area contributed by atoms with Crippen LogP contribution in [0.5, 0.6) is 5.75 Å². The van der Waals surface area contributed by atoms with Crippen LogP contribution in [0.15, 0.2) is 60.9 Å². The number of pyridine rings is 2. The summed E-state index contributed by atoms with van der Waals surface area (Å²) < 4.78 is 18.6. The number of carbonyl (C=O) groups is 1. The van der Waals surface area contributed by atoms with Crippen LogP contribution in [0.1, 0.15) is 16.8 Å². The van der Waals surface area contributed by atoms with Gasteiger partial charge in [0.2, 0.25) is 0 Å². The Labute approximate surface area is 181 Å². The van der Waals surface area contributed by atoms with E-state index < -0.39 is 0 Å². The minimum absolute atomic E-state index is 0.358. The summed E-state index contributed by atoms with van der Waals surface area (Å²) in [4.78, 5) is 24.7. The van der Waals surface area contributed by atoms with Crippen LogP contribution in [-0.4, -0.2) is 47.1 Å². The van der Waals surface area contributed by atoms with Crippen molar-refractivity contribution in [3.8, 4) is 5.75 Å². The van der Waals surface area contributed by atoms with Crippen LogP contribution in [-0.2, 0) is 12.8 Å². The third-order valence-electron chi connectivity index (χ3n) is 5.34. The van der Waals surface area contributed by atoms with Crippen molar-refractivity contribution in [2.45, 2.75) is 19.8 Å². The van der Waals surface area contributed by atoms with Gasteiger partial charge in [-0.25, -0.2) is 14.2 Å². The predicted octanol–water partition coefficient (Wildman–Crippen LogP) is 4.03. The van der Waals surface area contributed by atoms with Gasteiger partial charge in [-0.3, -0.25) is 4.98 Å². The molecule has 0 bridgehead atoms. The number of ether oxygens (including phenoxy) is 1. The maximum absolute atomic E-state index is 13.0. The van der Waals surface area contributed by atoms with Gasteiger partial charge in [0.15, 0.2) is 0 Å². The Morgan fingerprint density at radius 2 is 1.77 bits per heavy atom. The Balaban J connectivity index is 1.25. The first-order valence-corrected chi connectivity index (χ1v) is 10.4. The summed E-state index contributed by atoms with van der Waals surface area (Å²) in [6.07, 6.45) is 4.43. The fraction of sp³-hybridized carbons (Fsp3) is 0.292. The van der Waals surface area contributed by atoms with E-state index in [1.807, 2.05) is 41.4 Å². The minimum Gasteiger partial charge on any atom is -0.410 e. The molecule has 1 saturated heterocycles. The van der Waals surface area contributed by atoms with Crippen molar-refractivity contribution in [2.75, 3.05) is 31.1 Å². The van der Waals surface area contributed by atoms with E-state index in [-0.39, 0.29) is 11.9 Å². The molecule has 0 saturated carbocycles. The summed E-state index contributed by atoms with van der Waals surface area (Å²) in [5, 5.41) is 0. The van der Waals surface area contributed by atoms with Gasteiger partial charge in [0.1, 0.15) is 17.4 Å². The number of aromatic nitrogens is 2. The first-order valence-electron chi connectivity index (χ1n) is 10.4. The van der Waals surface area contributed by atoms with E-state index in [0.29, 0.717) is 37.7 Å². The largest absolute Gasteiger partial charge is 0.415 e. The molecule has 1 amide bonds. The first kappa shape index (κ1) is 20.8. The van der Waals surface area contributed by atoms with Gasteiger partial charge in [-0.1, -0.05) is 12.1 Å². The lowest BCUT2D eigenvalue weighted by Gasteiger charge is -2.34. The van der Waals surface area contributed by atoms with Crippen LogP contribution in [0.3, 0.4) is 0 Å². The highest BCUT2D eigenvalue weighted by Gasteiger charge is 2.23. The number of halogens is 1. The number of anilines is 1. The van der Waals surface area contributed by atoms with Crippen LogP contribution in [0, 0.1) is 12.7 Å². The second-order valence-electron chi connectivity index (χ2n) is 7.65. The fourth-order valence-electron chi connectivity index (χ4n) is 3.57. The zero-order valence-corrected chi connectivity index (χ0v) is 17.5. The van der Waals surface area contributed by atoms with Gasteiger partial charge in [0.25, 0.3) is 0 Å². The van der Waals surface area contributed by atoms with Crippen molar-refractivity contribution in [2.24, 2.45) is 0 Å². The number of carbonyl (C=O) groups excluding carboxylic acids is 1. The number of rotatable bonds is 5. The Kier molecular flexibility index (Phi) is 6.40. The maximum Gasteiger partial charge on any atom is 0.415 e. The van der Waals surface area contributed by atoms with Gasteiger partial charge in [-0.05, 0) is 67.3 Å². The number of hydrogen-bond acceptors (Lipinski definition) is 5. The molecule has 0 atom stereocenters. The molecule has 6 nitrogen and oxygen atoms in total. The molecule has 3 heterocycles. The number of aryl methyl sites for hydroxylation is 3. The summed E-state index contributed by atoms with van der Waals surface area (Å²) in [6.45, 7) is 4.37. The topological polar surface area (TPSA) is 58.6 Å². The third kappa shape index (κ3) is 5.57. The molecule has 0 N–H and O–H groups in total. The SMILES string of the molecule is Cc1ccnc(CCc2ccc(OC(=O)N3CCN(c4ccc(F)cn4)CC3)cc2)c1. The number of piperazine rings is 1. The summed E-state index contributed by atoms with van der Waals surface area (Å²) in [5.74, 6) is 0.889. The monoisotopic (exact) mass is 420 g/mol. The number of hydrogen-bond donors (Lipinski definition) is 0. The lowest BCUT2D eigenvalue weighted by Crippen LogP contribution is -2.49. The third-order valence-corrected chi connectivity index (χ3v) is 5.34. The summed E-state index contributed by atoms with van der Waals surface area (Å²) in [6, 6.07) is 14.8. The Hall–Kier alpha value is -3.48. The molecule has 2 aromatic heterocycles. The first-order chi connectivity index (χ1) is 15.1. The molecule has 0 radical (unpaired) electrons. The van der Waals surface area contributed by atoms with Crippen LogP contribution in [0.25, 0.3) is 0 Å². The summed E-state index contributed by atoms with van der Waals surface area (Å²) in [7, 11) is 0. The molecule has 4 rings (SSSR count). The van der Waals surface area contributed by atoms with Crippen molar-refractivity contribution in [1.82, 2.24) is 14.9 Å². The van der Waals surface area contributed by atoms with Gasteiger partial charge in [0, 0.05) is 38.1 Å². The van der Waals surface area contributed by atoms with E-state index in [9.17, 15) is 9.18 Å². The molecule has 31 heavy (non-hydrogen) atoms. The average Bonchev–Trinajstić information content (AvgIpc) is 2.79. The van der Waals surface area contributed by atoms with E-state index >= 15 is 0 Å². The fourth-order valence-corrected chi connectivity index (χ4v) is 3.57. The van der Waals surface area contributed by atoms with Crippen molar-refractivity contribution in [3.63, 3.8) is 0 Å². The van der Waals surface area contributed by atoms with E-state index in [4.69, 9.17) is 4.74 Å². The van der Waals surface area contributed by atoms with Crippen molar-refractivity contribution in [1.29, 1.82) is 0 Å². The highest BCUT2D eigenvalue weighted by molar-refractivity contribution is 5.71. The van der Waals surface area contributed by atoms with Gasteiger partial charge in [0.05, 0.1) is 6.20 Å². The second-order valence-corrected chi connectivity index (χ2v) is 7.65. The molecule has 1 aromatic carbocycles. The van der Waals surface area contributed by atoms with Gasteiger partial charge in [-0.2, -0.15) is 0 Å². The summed E-state index contributed by atoms with van der Waals surface area (Å²) in [5.41, 5.74) is 3.45. The van der Waals surface area contributed by atoms with Crippen LogP contribution in [0.2, 0.25) is 0 Å². The molecule has 3 aromatic rings. The smallest absolute Gasteiger partial charge is 0.410 e. The van der Waals surface area contributed by atoms with E-state index in [0.717, 1.165) is 18.5 Å². The standard InChI is InChI=1S/C24H25FN4O2/c1-18-10-11-26-21(16-18)6-2-19-3-7-22(8-4-19)31-24(30)29-14-12-28(13-15-29)23-9-5-20(25)17-27-23/h3-5,7-11,16-17H,2,6,12-15H2,1H3. The van der Waals surface area contributed by atoms with Gasteiger partial charge >= 0.3 is 6.09 Å². The van der Waals surface area contributed by atoms with Crippen LogP contribution in [0.4, 0.5) is 15.0 Å². The van der Waals surface area contributed by atoms with Crippen molar-refractivity contribution < 1.29 is 13.9 Å². The molecule has 1 aliphatic rings. The van der Waals surface area contributed by atoms with Crippen LogP contribution < -0.4 is 9.64 Å². The van der Waals surface area contributed by atoms with E-state index in [1.54, 1.807) is 11.0 Å². The zero-order valence-electron chi connectivity index (χ0n) is 17.5. The molecule has 0 spiro atoms. The Bertz CT molecular complexity index is 1020. The highest BCUT2D eigenvalue weighted by atomic mass is 19.1. The average molecular weight is 420 g/mol. The van der Waals surface area contributed by atoms with E-state index in [1.165, 1.54) is 23.4 Å². The van der Waals surface area contributed by atoms with Crippen molar-refractivity contribution in [3.05, 3.63) is 83.6 Å². The Morgan fingerprint density at radius 1 is 1.00 bits per heavy atom. The van der Waals surface area contributed by atoms with E-state index in [2.05, 4.69) is 23.0 Å². The molecule has 160 valence electrons. The van der Waals surface area contributed by atoms with Crippen LogP contribution >= 0.6 is 0 Å². The second kappa shape index (κ2) is 9.55. The van der Waals surface area contributed by atoms with Gasteiger partial charge in [-0.15, -0.1) is 0 Å². The molecular formula is C24H25FN4O2. The quantitative estimate of drug-likeness (QED) is 0.624. The maximum atomic E-state index is 13.0. The number of nitrogens with zero attached hydrogens (tertiary/aromatic N) is 4. The number of benzene rings is 1. The lowest BCUT2D eigenvalue weighted by molar-refractivity contribution is 0.149. The zero-order chi connectivity index (χ0) is 21.6. The van der Waals surface area contributed by atoms with Gasteiger partial charge < -0.3 is 14.5 Å². The minimum atomic E-state index is -0.358. The Morgan fingerprint density at radius 3 is 2.45 bits per heavy atom. The molecule has 0 unspecified atom stereocenters. The molecule has 1 fully saturated rings.